The normalized spacial score (nSPS) is 10.8. The number of carbonyl (C=O) groups excluding carboxylic acids is 1. The van der Waals surface area contributed by atoms with E-state index in [1.807, 2.05) is 24.3 Å². The number of hydrogen-bond donors (Lipinski definition) is 4. The average Bonchev–Trinajstić information content (AvgIpc) is 2.72. The van der Waals surface area contributed by atoms with E-state index in [2.05, 4.69) is 25.6 Å². The van der Waals surface area contributed by atoms with Crippen LogP contribution in [0.15, 0.2) is 61.1 Å². The van der Waals surface area contributed by atoms with Crippen molar-refractivity contribution in [3.05, 3.63) is 78.0 Å². The third-order valence-corrected chi connectivity index (χ3v) is 3.80. The number of aliphatic hydroxyl groups is 1. The van der Waals surface area contributed by atoms with E-state index in [9.17, 15) is 4.79 Å². The van der Waals surface area contributed by atoms with Crippen LogP contribution in [0.4, 0.5) is 17.2 Å². The van der Waals surface area contributed by atoms with E-state index < -0.39 is 0 Å². The minimum absolute atomic E-state index is 0.0809. The summed E-state index contributed by atoms with van der Waals surface area (Å²) in [5, 5.41) is 14.8. The van der Waals surface area contributed by atoms with Crippen LogP contribution in [0.2, 0.25) is 0 Å². The molecular weight excluding hydrogens is 356 g/mol. The van der Waals surface area contributed by atoms with Gasteiger partial charge >= 0.3 is 0 Å². The van der Waals surface area contributed by atoms with Crippen molar-refractivity contribution >= 4 is 29.2 Å². The fraction of sp³-hybridized carbons (Fsp3) is 0.100. The second-order valence-electron chi connectivity index (χ2n) is 5.86. The zero-order valence-corrected chi connectivity index (χ0v) is 15.0. The van der Waals surface area contributed by atoms with Gasteiger partial charge in [-0.3, -0.25) is 9.78 Å². The molecule has 0 aliphatic rings. The van der Waals surface area contributed by atoms with E-state index in [0.29, 0.717) is 23.7 Å². The van der Waals surface area contributed by atoms with Gasteiger partial charge in [0.15, 0.2) is 0 Å². The van der Waals surface area contributed by atoms with Gasteiger partial charge in [-0.1, -0.05) is 18.2 Å². The molecule has 0 aliphatic carbocycles. The standard InChI is InChI=1S/C20H20N6O2/c21-19-17(7-2-8-22-19)24-11-14-4-1-5-15(10-14)26-20(28)18-13-23-16(12-25-18)6-3-9-27/h1-8,10,12-13,24,27H,9,11H2,(H2,21,22)(H,26,28)/b6-3+. The second-order valence-corrected chi connectivity index (χ2v) is 5.86. The van der Waals surface area contributed by atoms with E-state index in [0.717, 1.165) is 11.3 Å². The van der Waals surface area contributed by atoms with Crippen molar-refractivity contribution in [1.82, 2.24) is 15.0 Å². The number of carbonyl (C=O) groups is 1. The first-order chi connectivity index (χ1) is 13.7. The minimum Gasteiger partial charge on any atom is -0.392 e. The van der Waals surface area contributed by atoms with Crippen LogP contribution in [0.5, 0.6) is 0 Å². The molecule has 0 bridgehead atoms. The van der Waals surface area contributed by atoms with E-state index in [1.54, 1.807) is 30.5 Å². The number of amides is 1. The fourth-order valence-corrected chi connectivity index (χ4v) is 2.43. The smallest absolute Gasteiger partial charge is 0.275 e. The van der Waals surface area contributed by atoms with Crippen molar-refractivity contribution in [3.8, 4) is 0 Å². The number of nitrogens with one attached hydrogen (secondary N) is 2. The molecule has 1 amide bonds. The highest BCUT2D eigenvalue weighted by Gasteiger charge is 2.09. The van der Waals surface area contributed by atoms with Crippen molar-refractivity contribution in [1.29, 1.82) is 0 Å². The van der Waals surface area contributed by atoms with Crippen molar-refractivity contribution in [2.24, 2.45) is 0 Å². The Morgan fingerprint density at radius 1 is 1.14 bits per heavy atom. The molecule has 5 N–H and O–H groups in total. The Balaban J connectivity index is 1.63. The first-order valence-corrected chi connectivity index (χ1v) is 8.60. The van der Waals surface area contributed by atoms with Gasteiger partial charge < -0.3 is 21.5 Å². The maximum atomic E-state index is 12.4. The predicted octanol–water partition coefficient (Wildman–Crippen LogP) is 2.32. The molecule has 0 radical (unpaired) electrons. The molecule has 3 rings (SSSR count). The summed E-state index contributed by atoms with van der Waals surface area (Å²) in [5.41, 5.74) is 8.96. The lowest BCUT2D eigenvalue weighted by Gasteiger charge is -2.10. The average molecular weight is 376 g/mol. The van der Waals surface area contributed by atoms with E-state index >= 15 is 0 Å². The zero-order chi connectivity index (χ0) is 19.8. The van der Waals surface area contributed by atoms with Gasteiger partial charge in [-0.25, -0.2) is 9.97 Å². The summed E-state index contributed by atoms with van der Waals surface area (Å²) >= 11 is 0. The number of anilines is 3. The number of nitrogen functional groups attached to an aromatic ring is 1. The molecule has 28 heavy (non-hydrogen) atoms. The lowest BCUT2D eigenvalue weighted by molar-refractivity contribution is 0.102. The van der Waals surface area contributed by atoms with Crippen molar-refractivity contribution < 1.29 is 9.90 Å². The topological polar surface area (TPSA) is 126 Å². The van der Waals surface area contributed by atoms with Gasteiger partial charge in [0.25, 0.3) is 5.91 Å². The van der Waals surface area contributed by atoms with E-state index in [1.165, 1.54) is 12.4 Å². The molecule has 0 fully saturated rings. The first-order valence-electron chi connectivity index (χ1n) is 8.60. The van der Waals surface area contributed by atoms with Crippen LogP contribution in [-0.4, -0.2) is 32.6 Å². The summed E-state index contributed by atoms with van der Waals surface area (Å²) in [5.74, 6) is 0.0783. The maximum absolute atomic E-state index is 12.4. The molecule has 0 saturated heterocycles. The summed E-state index contributed by atoms with van der Waals surface area (Å²) in [7, 11) is 0. The summed E-state index contributed by atoms with van der Waals surface area (Å²) in [6.07, 6.45) is 7.67. The Morgan fingerprint density at radius 2 is 2.04 bits per heavy atom. The number of rotatable bonds is 7. The maximum Gasteiger partial charge on any atom is 0.275 e. The molecule has 1 aromatic carbocycles. The van der Waals surface area contributed by atoms with Crippen LogP contribution in [-0.2, 0) is 6.54 Å². The van der Waals surface area contributed by atoms with Crippen LogP contribution >= 0.6 is 0 Å². The minimum atomic E-state index is -0.355. The summed E-state index contributed by atoms with van der Waals surface area (Å²) in [4.78, 5) is 24.6. The Bertz CT molecular complexity index is 972. The van der Waals surface area contributed by atoms with Gasteiger partial charge in [0.05, 0.1) is 30.4 Å². The monoisotopic (exact) mass is 376 g/mol. The number of hydrogen-bond acceptors (Lipinski definition) is 7. The number of pyridine rings is 1. The van der Waals surface area contributed by atoms with Crippen LogP contribution in [0.25, 0.3) is 6.08 Å². The Kier molecular flexibility index (Phi) is 6.27. The molecule has 0 unspecified atom stereocenters. The second kappa shape index (κ2) is 9.24. The molecule has 0 saturated carbocycles. The molecule has 2 aromatic heterocycles. The quantitative estimate of drug-likeness (QED) is 0.498. The first kappa shape index (κ1) is 19.0. The van der Waals surface area contributed by atoms with Crippen LogP contribution in [0.3, 0.4) is 0 Å². The van der Waals surface area contributed by atoms with E-state index in [-0.39, 0.29) is 18.2 Å². The molecule has 3 aromatic rings. The summed E-state index contributed by atoms with van der Waals surface area (Å²) in [6.45, 7) is 0.452. The van der Waals surface area contributed by atoms with Crippen LogP contribution in [0.1, 0.15) is 21.7 Å². The van der Waals surface area contributed by atoms with Crippen molar-refractivity contribution in [3.63, 3.8) is 0 Å². The molecule has 142 valence electrons. The molecule has 0 spiro atoms. The number of benzene rings is 1. The van der Waals surface area contributed by atoms with Crippen LogP contribution < -0.4 is 16.4 Å². The van der Waals surface area contributed by atoms with Gasteiger partial charge in [-0.15, -0.1) is 0 Å². The molecule has 2 heterocycles. The number of nitrogens with two attached hydrogens (primary N) is 1. The van der Waals surface area contributed by atoms with Crippen molar-refractivity contribution in [2.45, 2.75) is 6.54 Å². The summed E-state index contributed by atoms with van der Waals surface area (Å²) in [6, 6.07) is 11.1. The number of aromatic nitrogens is 3. The van der Waals surface area contributed by atoms with Crippen molar-refractivity contribution in [2.75, 3.05) is 23.0 Å². The van der Waals surface area contributed by atoms with Gasteiger partial charge in [-0.05, 0) is 35.9 Å². The lowest BCUT2D eigenvalue weighted by atomic mass is 10.2. The number of nitrogens with zero attached hydrogens (tertiary/aromatic N) is 3. The lowest BCUT2D eigenvalue weighted by Crippen LogP contribution is -2.14. The van der Waals surface area contributed by atoms with Gasteiger partial charge in [0, 0.05) is 18.4 Å². The highest BCUT2D eigenvalue weighted by molar-refractivity contribution is 6.02. The largest absolute Gasteiger partial charge is 0.392 e. The molecule has 8 nitrogen and oxygen atoms in total. The highest BCUT2D eigenvalue weighted by Crippen LogP contribution is 2.17. The zero-order valence-electron chi connectivity index (χ0n) is 15.0. The Hall–Kier alpha value is -3.78. The molecule has 8 heteroatoms. The third-order valence-electron chi connectivity index (χ3n) is 3.80. The van der Waals surface area contributed by atoms with Gasteiger partial charge in [0.1, 0.15) is 11.5 Å². The third kappa shape index (κ3) is 5.12. The van der Waals surface area contributed by atoms with E-state index in [4.69, 9.17) is 10.8 Å². The summed E-state index contributed by atoms with van der Waals surface area (Å²) < 4.78 is 0. The van der Waals surface area contributed by atoms with Gasteiger partial charge in [-0.2, -0.15) is 0 Å². The Labute approximate surface area is 162 Å². The highest BCUT2D eigenvalue weighted by atomic mass is 16.2. The fourth-order valence-electron chi connectivity index (χ4n) is 2.43. The predicted molar refractivity (Wildman–Crippen MR) is 109 cm³/mol. The van der Waals surface area contributed by atoms with Gasteiger partial charge in [0.2, 0.25) is 0 Å². The SMILES string of the molecule is Nc1ncccc1NCc1cccc(NC(=O)c2cnc(/C=C/CO)cn2)c1. The number of aliphatic hydroxyl groups excluding tert-OH is 1. The molecule has 0 aliphatic heterocycles. The Morgan fingerprint density at radius 3 is 2.79 bits per heavy atom. The molecule has 0 atom stereocenters. The molecular formula is C20H20N6O2. The van der Waals surface area contributed by atoms with Crippen LogP contribution in [0, 0.1) is 0 Å².